The topological polar surface area (TPSA) is 20.3 Å². The summed E-state index contributed by atoms with van der Waals surface area (Å²) in [5.74, 6) is 0.192. The molecule has 3 heteroatoms. The summed E-state index contributed by atoms with van der Waals surface area (Å²) in [4.78, 5) is 15.9. The van der Waals surface area contributed by atoms with E-state index in [9.17, 15) is 4.79 Å². The van der Waals surface area contributed by atoms with Crippen molar-refractivity contribution in [1.29, 1.82) is 0 Å². The molecule has 0 spiro atoms. The molecule has 0 unspecified atom stereocenters. The lowest BCUT2D eigenvalue weighted by Gasteiger charge is -2.23. The lowest BCUT2D eigenvalue weighted by molar-refractivity contribution is -0.131. The molecule has 0 saturated carbocycles. The first-order chi connectivity index (χ1) is 11.8. The van der Waals surface area contributed by atoms with Gasteiger partial charge in [0.15, 0.2) is 0 Å². The number of rotatable bonds is 7. The third-order valence-electron chi connectivity index (χ3n) is 3.99. The standard InChI is InChI=1S/C21H21NOS/c23-21(16-20-12-7-15-24-20)22(17-19-10-5-2-6-11-19)14-13-18-8-3-1-4-9-18/h1-12,15H,13-14,16-17H2. The highest BCUT2D eigenvalue weighted by molar-refractivity contribution is 7.10. The van der Waals surface area contributed by atoms with Crippen molar-refractivity contribution in [1.82, 2.24) is 4.90 Å². The number of hydrogen-bond acceptors (Lipinski definition) is 2. The van der Waals surface area contributed by atoms with Crippen LogP contribution in [0.5, 0.6) is 0 Å². The molecule has 1 aromatic heterocycles. The van der Waals surface area contributed by atoms with Crippen LogP contribution in [0.15, 0.2) is 78.2 Å². The largest absolute Gasteiger partial charge is 0.338 e. The van der Waals surface area contributed by atoms with Gasteiger partial charge in [-0.25, -0.2) is 0 Å². The van der Waals surface area contributed by atoms with Crippen molar-refractivity contribution >= 4 is 17.2 Å². The van der Waals surface area contributed by atoms with Crippen molar-refractivity contribution in [2.45, 2.75) is 19.4 Å². The van der Waals surface area contributed by atoms with Crippen LogP contribution in [0.3, 0.4) is 0 Å². The Kier molecular flexibility index (Phi) is 5.80. The average Bonchev–Trinajstić information content (AvgIpc) is 3.13. The minimum atomic E-state index is 0.192. The summed E-state index contributed by atoms with van der Waals surface area (Å²) in [5, 5.41) is 2.02. The number of amides is 1. The van der Waals surface area contributed by atoms with Crippen LogP contribution >= 0.6 is 11.3 Å². The molecule has 3 rings (SSSR count). The molecule has 0 aliphatic heterocycles. The highest BCUT2D eigenvalue weighted by Gasteiger charge is 2.15. The van der Waals surface area contributed by atoms with E-state index in [4.69, 9.17) is 0 Å². The van der Waals surface area contributed by atoms with Crippen LogP contribution in [0.25, 0.3) is 0 Å². The fourth-order valence-electron chi connectivity index (χ4n) is 2.68. The maximum atomic E-state index is 12.8. The minimum Gasteiger partial charge on any atom is -0.338 e. The quantitative estimate of drug-likeness (QED) is 0.620. The van der Waals surface area contributed by atoms with Gasteiger partial charge in [-0.05, 0) is 29.0 Å². The van der Waals surface area contributed by atoms with Gasteiger partial charge in [-0.2, -0.15) is 0 Å². The Labute approximate surface area is 147 Å². The van der Waals surface area contributed by atoms with Crippen molar-refractivity contribution in [2.75, 3.05) is 6.54 Å². The van der Waals surface area contributed by atoms with Crippen molar-refractivity contribution in [3.8, 4) is 0 Å². The van der Waals surface area contributed by atoms with E-state index in [1.54, 1.807) is 11.3 Å². The molecule has 0 aliphatic rings. The third kappa shape index (κ3) is 4.80. The van der Waals surface area contributed by atoms with Gasteiger partial charge in [0.1, 0.15) is 0 Å². The van der Waals surface area contributed by atoms with Crippen LogP contribution in [0.4, 0.5) is 0 Å². The lowest BCUT2D eigenvalue weighted by Crippen LogP contribution is -2.33. The van der Waals surface area contributed by atoms with Gasteiger partial charge in [-0.1, -0.05) is 66.7 Å². The molecular weight excluding hydrogens is 314 g/mol. The number of carbonyl (C=O) groups is 1. The summed E-state index contributed by atoms with van der Waals surface area (Å²) in [7, 11) is 0. The van der Waals surface area contributed by atoms with E-state index in [0.29, 0.717) is 13.0 Å². The molecule has 0 fully saturated rings. The Morgan fingerprint density at radius 1 is 0.833 bits per heavy atom. The molecule has 24 heavy (non-hydrogen) atoms. The van der Waals surface area contributed by atoms with Crippen molar-refractivity contribution in [2.24, 2.45) is 0 Å². The van der Waals surface area contributed by atoms with Crippen LogP contribution in [-0.4, -0.2) is 17.4 Å². The van der Waals surface area contributed by atoms with E-state index >= 15 is 0 Å². The van der Waals surface area contributed by atoms with Gasteiger partial charge in [-0.15, -0.1) is 11.3 Å². The van der Waals surface area contributed by atoms with Crippen LogP contribution < -0.4 is 0 Å². The van der Waals surface area contributed by atoms with E-state index in [1.807, 2.05) is 58.8 Å². The fourth-order valence-corrected chi connectivity index (χ4v) is 3.37. The monoisotopic (exact) mass is 335 g/mol. The highest BCUT2D eigenvalue weighted by Crippen LogP contribution is 2.13. The Morgan fingerprint density at radius 2 is 1.50 bits per heavy atom. The predicted octanol–water partition coefficient (Wildman–Crippen LogP) is 4.56. The van der Waals surface area contributed by atoms with E-state index < -0.39 is 0 Å². The first-order valence-corrected chi connectivity index (χ1v) is 9.07. The molecule has 0 atom stereocenters. The van der Waals surface area contributed by atoms with E-state index in [2.05, 4.69) is 24.3 Å². The summed E-state index contributed by atoms with van der Waals surface area (Å²) in [6, 6.07) is 24.6. The SMILES string of the molecule is O=C(Cc1cccs1)N(CCc1ccccc1)Cc1ccccc1. The zero-order valence-corrected chi connectivity index (χ0v) is 14.4. The second-order valence-corrected chi connectivity index (χ2v) is 6.82. The van der Waals surface area contributed by atoms with Crippen LogP contribution in [-0.2, 0) is 24.2 Å². The van der Waals surface area contributed by atoms with Gasteiger partial charge < -0.3 is 4.90 Å². The van der Waals surface area contributed by atoms with Crippen molar-refractivity contribution in [3.05, 3.63) is 94.2 Å². The summed E-state index contributed by atoms with van der Waals surface area (Å²) >= 11 is 1.64. The summed E-state index contributed by atoms with van der Waals surface area (Å²) < 4.78 is 0. The number of hydrogen-bond donors (Lipinski definition) is 0. The smallest absolute Gasteiger partial charge is 0.228 e. The zero-order chi connectivity index (χ0) is 16.6. The number of benzene rings is 2. The molecule has 0 N–H and O–H groups in total. The second kappa shape index (κ2) is 8.46. The Morgan fingerprint density at radius 3 is 2.12 bits per heavy atom. The minimum absolute atomic E-state index is 0.192. The van der Waals surface area contributed by atoms with Crippen molar-refractivity contribution < 1.29 is 4.79 Å². The Bertz CT molecular complexity index is 738. The van der Waals surface area contributed by atoms with Gasteiger partial charge in [0.05, 0.1) is 6.42 Å². The molecule has 0 bridgehead atoms. The van der Waals surface area contributed by atoms with Gasteiger partial charge >= 0.3 is 0 Å². The van der Waals surface area contributed by atoms with Crippen LogP contribution in [0.1, 0.15) is 16.0 Å². The predicted molar refractivity (Wildman–Crippen MR) is 100 cm³/mol. The average molecular weight is 335 g/mol. The van der Waals surface area contributed by atoms with Crippen LogP contribution in [0.2, 0.25) is 0 Å². The summed E-state index contributed by atoms with van der Waals surface area (Å²) in [5.41, 5.74) is 2.43. The highest BCUT2D eigenvalue weighted by atomic mass is 32.1. The van der Waals surface area contributed by atoms with E-state index in [-0.39, 0.29) is 5.91 Å². The van der Waals surface area contributed by atoms with Crippen molar-refractivity contribution in [3.63, 3.8) is 0 Å². The molecule has 0 aliphatic carbocycles. The Balaban J connectivity index is 1.68. The molecule has 0 radical (unpaired) electrons. The van der Waals surface area contributed by atoms with Gasteiger partial charge in [0, 0.05) is 18.0 Å². The molecule has 2 aromatic carbocycles. The first kappa shape index (κ1) is 16.5. The molecule has 122 valence electrons. The Hall–Kier alpha value is -2.39. The molecule has 1 heterocycles. The summed E-state index contributed by atoms with van der Waals surface area (Å²) in [6.45, 7) is 1.40. The summed E-state index contributed by atoms with van der Waals surface area (Å²) in [6.07, 6.45) is 1.36. The second-order valence-electron chi connectivity index (χ2n) is 5.79. The lowest BCUT2D eigenvalue weighted by atomic mass is 10.1. The van der Waals surface area contributed by atoms with E-state index in [1.165, 1.54) is 11.1 Å². The van der Waals surface area contributed by atoms with Crippen LogP contribution in [0, 0.1) is 0 Å². The molecule has 2 nitrogen and oxygen atoms in total. The van der Waals surface area contributed by atoms with E-state index in [0.717, 1.165) is 17.8 Å². The zero-order valence-electron chi connectivity index (χ0n) is 13.6. The molecule has 3 aromatic rings. The molecule has 1 amide bonds. The van der Waals surface area contributed by atoms with Gasteiger partial charge in [-0.3, -0.25) is 4.79 Å². The van der Waals surface area contributed by atoms with Gasteiger partial charge in [0.2, 0.25) is 5.91 Å². The first-order valence-electron chi connectivity index (χ1n) is 8.19. The molecule has 0 saturated heterocycles. The maximum Gasteiger partial charge on any atom is 0.228 e. The molecular formula is C21H21NOS. The number of thiophene rings is 1. The van der Waals surface area contributed by atoms with Gasteiger partial charge in [0.25, 0.3) is 0 Å². The third-order valence-corrected chi connectivity index (χ3v) is 4.86. The fraction of sp³-hybridized carbons (Fsp3) is 0.190. The normalized spacial score (nSPS) is 10.5. The number of carbonyl (C=O) groups excluding carboxylic acids is 1. The maximum absolute atomic E-state index is 12.8. The number of nitrogens with zero attached hydrogens (tertiary/aromatic N) is 1.